The van der Waals surface area contributed by atoms with E-state index < -0.39 is 11.4 Å². The van der Waals surface area contributed by atoms with Gasteiger partial charge in [0.1, 0.15) is 11.3 Å². The Balaban J connectivity index is 1.83. The molecule has 0 amide bonds. The van der Waals surface area contributed by atoms with Crippen molar-refractivity contribution in [1.29, 1.82) is 0 Å². The number of fused-ring (bicyclic) bond motifs is 1. The number of aliphatic hydroxyl groups excluding tert-OH is 1. The topological polar surface area (TPSA) is 55.8 Å². The normalized spacial score (nSPS) is 21.2. The molecule has 4 heteroatoms. The van der Waals surface area contributed by atoms with Crippen molar-refractivity contribution < 1.29 is 19.4 Å². The van der Waals surface area contributed by atoms with Crippen LogP contribution in [0.25, 0.3) is 0 Å². The third-order valence-electron chi connectivity index (χ3n) is 4.26. The Morgan fingerprint density at radius 1 is 1.00 bits per heavy atom. The van der Waals surface area contributed by atoms with Gasteiger partial charge >= 0.3 is 5.97 Å². The van der Waals surface area contributed by atoms with Crippen LogP contribution in [0.15, 0.2) is 54.6 Å². The average Bonchev–Trinajstić information content (AvgIpc) is 2.66. The predicted octanol–water partition coefficient (Wildman–Crippen LogP) is 2.85. The van der Waals surface area contributed by atoms with Crippen LogP contribution in [0.5, 0.6) is 5.75 Å². The summed E-state index contributed by atoms with van der Waals surface area (Å²) in [4.78, 5) is 12.3. The van der Waals surface area contributed by atoms with Gasteiger partial charge in [0.2, 0.25) is 0 Å². The Kier molecular flexibility index (Phi) is 4.63. The SMILES string of the molecule is O=C1OC[C@](CO)(Cc2ccccc2)CCOc2ccccc21. The van der Waals surface area contributed by atoms with Gasteiger partial charge in [-0.15, -0.1) is 0 Å². The molecule has 4 nitrogen and oxygen atoms in total. The maximum absolute atomic E-state index is 12.3. The zero-order valence-corrected chi connectivity index (χ0v) is 12.9. The molecule has 0 saturated carbocycles. The summed E-state index contributed by atoms with van der Waals surface area (Å²) in [5.74, 6) is 0.124. The van der Waals surface area contributed by atoms with Gasteiger partial charge in [0.15, 0.2) is 0 Å². The van der Waals surface area contributed by atoms with Crippen molar-refractivity contribution in [2.45, 2.75) is 12.8 Å². The summed E-state index contributed by atoms with van der Waals surface area (Å²) >= 11 is 0. The van der Waals surface area contributed by atoms with E-state index >= 15 is 0 Å². The van der Waals surface area contributed by atoms with Gasteiger partial charge in [0.05, 0.1) is 19.8 Å². The van der Waals surface area contributed by atoms with Gasteiger partial charge in [0, 0.05) is 5.41 Å². The average molecular weight is 312 g/mol. The highest BCUT2D eigenvalue weighted by Crippen LogP contribution is 2.31. The van der Waals surface area contributed by atoms with E-state index in [-0.39, 0.29) is 13.2 Å². The van der Waals surface area contributed by atoms with Gasteiger partial charge in [-0.25, -0.2) is 4.79 Å². The molecule has 120 valence electrons. The molecule has 0 unspecified atom stereocenters. The molecular weight excluding hydrogens is 292 g/mol. The van der Waals surface area contributed by atoms with Crippen LogP contribution in [0.1, 0.15) is 22.3 Å². The molecule has 0 aromatic heterocycles. The van der Waals surface area contributed by atoms with E-state index in [0.29, 0.717) is 30.8 Å². The van der Waals surface area contributed by atoms with Crippen molar-refractivity contribution in [2.75, 3.05) is 19.8 Å². The summed E-state index contributed by atoms with van der Waals surface area (Å²) in [5.41, 5.74) is 1.01. The minimum atomic E-state index is -0.529. The molecule has 2 aromatic rings. The van der Waals surface area contributed by atoms with Crippen LogP contribution >= 0.6 is 0 Å². The highest BCUT2D eigenvalue weighted by atomic mass is 16.5. The highest BCUT2D eigenvalue weighted by Gasteiger charge is 2.33. The molecule has 0 aliphatic carbocycles. The third-order valence-corrected chi connectivity index (χ3v) is 4.26. The lowest BCUT2D eigenvalue weighted by molar-refractivity contribution is 0.00445. The fourth-order valence-electron chi connectivity index (χ4n) is 2.86. The zero-order valence-electron chi connectivity index (χ0n) is 12.9. The molecule has 0 saturated heterocycles. The lowest BCUT2D eigenvalue weighted by Gasteiger charge is -2.30. The summed E-state index contributed by atoms with van der Waals surface area (Å²) in [7, 11) is 0. The summed E-state index contributed by atoms with van der Waals surface area (Å²) in [6, 6.07) is 17.0. The first-order valence-corrected chi connectivity index (χ1v) is 7.76. The molecule has 1 heterocycles. The molecule has 0 radical (unpaired) electrons. The molecular formula is C19H20O4. The van der Waals surface area contributed by atoms with Crippen molar-refractivity contribution in [1.82, 2.24) is 0 Å². The van der Waals surface area contributed by atoms with E-state index in [1.54, 1.807) is 18.2 Å². The lowest BCUT2D eigenvalue weighted by Crippen LogP contribution is -2.35. The number of aliphatic hydroxyl groups is 1. The number of rotatable bonds is 3. The number of hydrogen-bond donors (Lipinski definition) is 1. The van der Waals surface area contributed by atoms with Crippen LogP contribution in [-0.4, -0.2) is 30.9 Å². The van der Waals surface area contributed by atoms with Crippen LogP contribution in [-0.2, 0) is 11.2 Å². The number of hydrogen-bond acceptors (Lipinski definition) is 4. The molecule has 3 rings (SSSR count). The predicted molar refractivity (Wildman–Crippen MR) is 86.5 cm³/mol. The quantitative estimate of drug-likeness (QED) is 0.886. The molecule has 0 fully saturated rings. The van der Waals surface area contributed by atoms with Gasteiger partial charge in [-0.05, 0) is 30.5 Å². The Hall–Kier alpha value is -2.33. The minimum absolute atomic E-state index is 0.0606. The minimum Gasteiger partial charge on any atom is -0.493 e. The molecule has 1 N–H and O–H groups in total. The second kappa shape index (κ2) is 6.84. The van der Waals surface area contributed by atoms with Crippen LogP contribution in [0.2, 0.25) is 0 Å². The van der Waals surface area contributed by atoms with Crippen molar-refractivity contribution in [3.63, 3.8) is 0 Å². The van der Waals surface area contributed by atoms with Crippen molar-refractivity contribution in [3.8, 4) is 5.75 Å². The highest BCUT2D eigenvalue weighted by molar-refractivity contribution is 5.92. The van der Waals surface area contributed by atoms with Gasteiger partial charge < -0.3 is 14.6 Å². The zero-order chi connectivity index (χ0) is 16.1. The first-order chi connectivity index (χ1) is 11.2. The van der Waals surface area contributed by atoms with E-state index in [1.165, 1.54) is 0 Å². The largest absolute Gasteiger partial charge is 0.493 e. The summed E-state index contributed by atoms with van der Waals surface area (Å²) in [6.45, 7) is 0.546. The van der Waals surface area contributed by atoms with Gasteiger partial charge in [-0.2, -0.15) is 0 Å². The molecule has 1 aliphatic rings. The van der Waals surface area contributed by atoms with E-state index in [4.69, 9.17) is 9.47 Å². The second-order valence-corrected chi connectivity index (χ2v) is 5.99. The van der Waals surface area contributed by atoms with Crippen molar-refractivity contribution >= 4 is 5.97 Å². The number of ether oxygens (including phenoxy) is 2. The standard InChI is InChI=1S/C19H20O4/c20-13-19(12-15-6-2-1-3-7-15)10-11-22-17-9-5-4-8-16(17)18(21)23-14-19/h1-9,20H,10-14H2/t19-/m0/s1. The molecule has 0 bridgehead atoms. The maximum atomic E-state index is 12.3. The molecule has 23 heavy (non-hydrogen) atoms. The molecule has 1 aliphatic heterocycles. The van der Waals surface area contributed by atoms with Gasteiger partial charge in [-0.1, -0.05) is 42.5 Å². The Morgan fingerprint density at radius 3 is 2.52 bits per heavy atom. The van der Waals surface area contributed by atoms with Crippen LogP contribution in [0.3, 0.4) is 0 Å². The van der Waals surface area contributed by atoms with Crippen molar-refractivity contribution in [3.05, 3.63) is 65.7 Å². The molecule has 0 spiro atoms. The number of carbonyl (C=O) groups excluding carboxylic acids is 1. The fourth-order valence-corrected chi connectivity index (χ4v) is 2.86. The maximum Gasteiger partial charge on any atom is 0.341 e. The van der Waals surface area contributed by atoms with Crippen molar-refractivity contribution in [2.24, 2.45) is 5.41 Å². The number of benzene rings is 2. The van der Waals surface area contributed by atoms with Gasteiger partial charge in [-0.3, -0.25) is 0 Å². The number of carbonyl (C=O) groups is 1. The summed E-state index contributed by atoms with van der Waals surface area (Å²) < 4.78 is 11.3. The fraction of sp³-hybridized carbons (Fsp3) is 0.316. The van der Waals surface area contributed by atoms with E-state index in [0.717, 1.165) is 5.56 Å². The van der Waals surface area contributed by atoms with Crippen LogP contribution in [0, 0.1) is 5.41 Å². The first kappa shape index (κ1) is 15.6. The second-order valence-electron chi connectivity index (χ2n) is 5.99. The van der Waals surface area contributed by atoms with Gasteiger partial charge in [0.25, 0.3) is 0 Å². The van der Waals surface area contributed by atoms with E-state index in [1.807, 2.05) is 36.4 Å². The number of para-hydroxylation sites is 1. The molecule has 1 atom stereocenters. The first-order valence-electron chi connectivity index (χ1n) is 7.76. The van der Waals surface area contributed by atoms with Crippen LogP contribution in [0.4, 0.5) is 0 Å². The number of esters is 1. The smallest absolute Gasteiger partial charge is 0.341 e. The molecule has 2 aromatic carbocycles. The van der Waals surface area contributed by atoms with E-state index in [2.05, 4.69) is 0 Å². The Morgan fingerprint density at radius 2 is 1.74 bits per heavy atom. The van der Waals surface area contributed by atoms with E-state index in [9.17, 15) is 9.90 Å². The third kappa shape index (κ3) is 3.54. The summed E-state index contributed by atoms with van der Waals surface area (Å²) in [6.07, 6.45) is 1.25. The van der Waals surface area contributed by atoms with Crippen LogP contribution < -0.4 is 4.74 Å². The lowest BCUT2D eigenvalue weighted by atomic mass is 9.80. The Labute approximate surface area is 135 Å². The number of cyclic esters (lactones) is 1. The Bertz CT molecular complexity index is 668. The summed E-state index contributed by atoms with van der Waals surface area (Å²) in [5, 5.41) is 9.97. The monoisotopic (exact) mass is 312 g/mol.